The Kier molecular flexibility index (Phi) is 2.27. The van der Waals surface area contributed by atoms with Gasteiger partial charge in [0.15, 0.2) is 0 Å². The average molecular weight is 247 g/mol. The van der Waals surface area contributed by atoms with Gasteiger partial charge in [0.05, 0.1) is 17.0 Å². The fraction of sp³-hybridized carbons (Fsp3) is 0.333. The summed E-state index contributed by atoms with van der Waals surface area (Å²) in [6.07, 6.45) is 0.623. The summed E-state index contributed by atoms with van der Waals surface area (Å²) in [5.41, 5.74) is 8.07. The zero-order valence-electron chi connectivity index (χ0n) is 9.51. The summed E-state index contributed by atoms with van der Waals surface area (Å²) in [6.45, 7) is 0. The van der Waals surface area contributed by atoms with Crippen LogP contribution in [-0.2, 0) is 4.79 Å². The van der Waals surface area contributed by atoms with Crippen LogP contribution in [0.4, 0.5) is 0 Å². The smallest absolute Gasteiger partial charge is 0.323 e. The molecule has 3 atom stereocenters. The third-order valence-electron chi connectivity index (χ3n) is 3.54. The number of carboxylic acid groups (broad SMARTS) is 1. The Labute approximate surface area is 102 Å². The molecule has 3 unspecified atom stereocenters. The molecular weight excluding hydrogens is 234 g/mol. The number of nitrogens with two attached hydrogens (primary N) is 1. The van der Waals surface area contributed by atoms with E-state index in [0.717, 1.165) is 11.1 Å². The highest BCUT2D eigenvalue weighted by atomic mass is 16.4. The van der Waals surface area contributed by atoms with Gasteiger partial charge < -0.3 is 20.8 Å². The second-order valence-corrected chi connectivity index (χ2v) is 4.75. The van der Waals surface area contributed by atoms with Crippen molar-refractivity contribution in [2.75, 3.05) is 0 Å². The van der Waals surface area contributed by atoms with Gasteiger partial charge in [-0.15, -0.1) is 0 Å². The lowest BCUT2D eigenvalue weighted by molar-refractivity contribution is -0.138. The maximum absolute atomic E-state index is 11.1. The van der Waals surface area contributed by atoms with Crippen molar-refractivity contribution in [2.24, 2.45) is 17.6 Å². The summed E-state index contributed by atoms with van der Waals surface area (Å²) < 4.78 is 0. The number of carbonyl (C=O) groups is 1. The first-order chi connectivity index (χ1) is 8.56. The number of aliphatic carboxylic acids is 1. The van der Waals surface area contributed by atoms with Crippen molar-refractivity contribution < 1.29 is 9.90 Å². The Morgan fingerprint density at radius 3 is 2.78 bits per heavy atom. The molecule has 2 aromatic rings. The summed E-state index contributed by atoms with van der Waals surface area (Å²) >= 11 is 0. The molecule has 1 aromatic carbocycles. The predicted octanol–water partition coefficient (Wildman–Crippen LogP) is 0.577. The largest absolute Gasteiger partial charge is 0.481 e. The molecule has 0 aliphatic heterocycles. The first kappa shape index (κ1) is 11.0. The number of hydrogen-bond donors (Lipinski definition) is 4. The number of rotatable bonds is 3. The van der Waals surface area contributed by atoms with Crippen molar-refractivity contribution in [3.8, 4) is 0 Å². The van der Waals surface area contributed by atoms with E-state index in [1.807, 2.05) is 6.07 Å². The molecule has 5 N–H and O–H groups in total. The van der Waals surface area contributed by atoms with Crippen molar-refractivity contribution in [1.29, 1.82) is 0 Å². The van der Waals surface area contributed by atoms with E-state index in [4.69, 9.17) is 10.8 Å². The molecule has 1 heterocycles. The van der Waals surface area contributed by atoms with Crippen LogP contribution in [0.5, 0.6) is 0 Å². The van der Waals surface area contributed by atoms with E-state index in [0.29, 0.717) is 11.9 Å². The Morgan fingerprint density at radius 2 is 2.11 bits per heavy atom. The maximum atomic E-state index is 11.1. The van der Waals surface area contributed by atoms with Gasteiger partial charge in [0.2, 0.25) is 0 Å². The second-order valence-electron chi connectivity index (χ2n) is 4.75. The van der Waals surface area contributed by atoms with Crippen LogP contribution in [0.15, 0.2) is 23.0 Å². The number of aromatic nitrogens is 2. The number of H-pyrrole nitrogens is 2. The number of benzene rings is 1. The minimum atomic E-state index is -0.786. The molecule has 1 aromatic heterocycles. The lowest BCUT2D eigenvalue weighted by Gasteiger charge is -2.11. The van der Waals surface area contributed by atoms with Crippen molar-refractivity contribution in [3.63, 3.8) is 0 Å². The van der Waals surface area contributed by atoms with Crippen molar-refractivity contribution in [3.05, 3.63) is 34.2 Å². The van der Waals surface area contributed by atoms with E-state index < -0.39 is 5.97 Å². The molecule has 0 amide bonds. The third kappa shape index (κ3) is 1.70. The fourth-order valence-electron chi connectivity index (χ4n) is 2.40. The molecule has 6 nitrogen and oxygen atoms in total. The van der Waals surface area contributed by atoms with Crippen LogP contribution in [0.2, 0.25) is 0 Å². The van der Waals surface area contributed by atoms with Crippen molar-refractivity contribution >= 4 is 17.0 Å². The lowest BCUT2D eigenvalue weighted by Crippen LogP contribution is -2.15. The Hall–Kier alpha value is -2.08. The molecule has 1 aliphatic carbocycles. The zero-order chi connectivity index (χ0) is 12.9. The summed E-state index contributed by atoms with van der Waals surface area (Å²) in [5, 5.41) is 8.89. The highest BCUT2D eigenvalue weighted by molar-refractivity contribution is 5.76. The molecule has 1 fully saturated rings. The molecule has 0 spiro atoms. The number of fused-ring (bicyclic) bond motifs is 1. The Balaban J connectivity index is 1.90. The van der Waals surface area contributed by atoms with Crippen LogP contribution >= 0.6 is 0 Å². The van der Waals surface area contributed by atoms with E-state index in [1.165, 1.54) is 0 Å². The Morgan fingerprint density at radius 1 is 1.39 bits per heavy atom. The molecule has 0 bridgehead atoms. The molecule has 3 rings (SSSR count). The summed E-state index contributed by atoms with van der Waals surface area (Å²) in [5.74, 6) is -1.13. The van der Waals surface area contributed by atoms with Crippen LogP contribution in [0.25, 0.3) is 11.0 Å². The van der Waals surface area contributed by atoms with Gasteiger partial charge in [-0.3, -0.25) is 4.79 Å². The summed E-state index contributed by atoms with van der Waals surface area (Å²) in [4.78, 5) is 27.3. The molecule has 1 saturated carbocycles. The van der Waals surface area contributed by atoms with Gasteiger partial charge >= 0.3 is 11.7 Å². The van der Waals surface area contributed by atoms with Gasteiger partial charge in [-0.25, -0.2) is 4.79 Å². The molecule has 0 saturated heterocycles. The number of imidazole rings is 1. The number of hydrogen-bond acceptors (Lipinski definition) is 3. The van der Waals surface area contributed by atoms with E-state index in [2.05, 4.69) is 9.97 Å². The standard InChI is InChI=1S/C12H13N3O3/c13-10(6-4-7(6)11(16)17)5-1-2-8-9(3-5)15-12(18)14-8/h1-3,6-7,10H,4,13H2,(H,16,17)(H2,14,15,18). The van der Waals surface area contributed by atoms with Crippen LogP contribution in [0.1, 0.15) is 18.0 Å². The van der Waals surface area contributed by atoms with E-state index in [-0.39, 0.29) is 23.6 Å². The van der Waals surface area contributed by atoms with Gasteiger partial charge in [-0.1, -0.05) is 6.07 Å². The van der Waals surface area contributed by atoms with E-state index in [9.17, 15) is 9.59 Å². The van der Waals surface area contributed by atoms with Gasteiger partial charge in [-0.05, 0) is 30.0 Å². The minimum absolute atomic E-state index is 0.00869. The quantitative estimate of drug-likeness (QED) is 0.635. The van der Waals surface area contributed by atoms with Gasteiger partial charge in [0, 0.05) is 6.04 Å². The number of nitrogens with one attached hydrogen (secondary N) is 2. The first-order valence-corrected chi connectivity index (χ1v) is 5.76. The van der Waals surface area contributed by atoms with Gasteiger partial charge in [0.25, 0.3) is 0 Å². The van der Waals surface area contributed by atoms with Crippen LogP contribution in [0, 0.1) is 11.8 Å². The highest BCUT2D eigenvalue weighted by Gasteiger charge is 2.47. The Bertz CT molecular complexity index is 673. The SMILES string of the molecule is NC(c1ccc2[nH]c(=O)[nH]c2c1)C1CC1C(=O)O. The summed E-state index contributed by atoms with van der Waals surface area (Å²) in [6, 6.07) is 5.11. The topological polar surface area (TPSA) is 112 Å². The van der Waals surface area contributed by atoms with E-state index in [1.54, 1.807) is 12.1 Å². The molecule has 0 radical (unpaired) electrons. The van der Waals surface area contributed by atoms with Gasteiger partial charge in [0.1, 0.15) is 0 Å². The normalized spacial score (nSPS) is 24.1. The molecule has 1 aliphatic rings. The fourth-order valence-corrected chi connectivity index (χ4v) is 2.40. The molecule has 94 valence electrons. The van der Waals surface area contributed by atoms with Crippen LogP contribution < -0.4 is 11.4 Å². The molecule has 6 heteroatoms. The second kappa shape index (κ2) is 3.71. The molecular formula is C12H13N3O3. The van der Waals surface area contributed by atoms with Crippen LogP contribution in [-0.4, -0.2) is 21.0 Å². The predicted molar refractivity (Wildman–Crippen MR) is 65.1 cm³/mol. The number of aromatic amines is 2. The van der Waals surface area contributed by atoms with E-state index >= 15 is 0 Å². The van der Waals surface area contributed by atoms with Crippen molar-refractivity contribution in [1.82, 2.24) is 9.97 Å². The van der Waals surface area contributed by atoms with Crippen molar-refractivity contribution in [2.45, 2.75) is 12.5 Å². The first-order valence-electron chi connectivity index (χ1n) is 5.76. The van der Waals surface area contributed by atoms with Gasteiger partial charge in [-0.2, -0.15) is 0 Å². The minimum Gasteiger partial charge on any atom is -0.481 e. The monoisotopic (exact) mass is 247 g/mol. The number of carboxylic acids is 1. The highest BCUT2D eigenvalue weighted by Crippen LogP contribution is 2.46. The maximum Gasteiger partial charge on any atom is 0.323 e. The zero-order valence-corrected chi connectivity index (χ0v) is 9.51. The summed E-state index contributed by atoms with van der Waals surface area (Å²) in [7, 11) is 0. The third-order valence-corrected chi connectivity index (χ3v) is 3.54. The average Bonchev–Trinajstić information content (AvgIpc) is 3.03. The molecule has 18 heavy (non-hydrogen) atoms. The van der Waals surface area contributed by atoms with Crippen LogP contribution in [0.3, 0.4) is 0 Å². The lowest BCUT2D eigenvalue weighted by atomic mass is 10.0.